The number of hydrogen-bond acceptors (Lipinski definition) is 7. The number of benzene rings is 1. The summed E-state index contributed by atoms with van der Waals surface area (Å²) in [7, 11) is 0. The van der Waals surface area contributed by atoms with Crippen molar-refractivity contribution in [1.29, 1.82) is 0 Å². The second-order valence-electron chi connectivity index (χ2n) is 9.30. The van der Waals surface area contributed by atoms with Crippen molar-refractivity contribution < 1.29 is 24.0 Å². The standard InChI is InChI=1S/C25H34N8O5/c26-17(8-9-21(27)34)23(36)31-18(11-15-5-2-1-3-6-15)24(37)32-19(12-16-13-29-14-30-16)25(38)33-10-4-7-20(33)22(28)35/h1-3,5-6,13-14,17-20H,4,7-12,26H2,(H2,27,34)(H2,28,35)(H,29,30)(H,31,36)(H,32,37)/t17-,18+,19-,20+/m0/s1. The summed E-state index contributed by atoms with van der Waals surface area (Å²) in [6.07, 6.45) is 4.18. The summed E-state index contributed by atoms with van der Waals surface area (Å²) < 4.78 is 0. The van der Waals surface area contributed by atoms with Crippen molar-refractivity contribution in [1.82, 2.24) is 25.5 Å². The first-order valence-electron chi connectivity index (χ1n) is 12.4. The quantitative estimate of drug-likeness (QED) is 0.176. The molecule has 13 heteroatoms. The first-order valence-corrected chi connectivity index (χ1v) is 12.4. The van der Waals surface area contributed by atoms with Crippen LogP contribution in [0.1, 0.15) is 36.9 Å². The van der Waals surface area contributed by atoms with E-state index in [4.69, 9.17) is 17.2 Å². The van der Waals surface area contributed by atoms with Gasteiger partial charge in [-0.15, -0.1) is 0 Å². The third-order valence-electron chi connectivity index (χ3n) is 6.41. The van der Waals surface area contributed by atoms with Crippen LogP contribution in [0, 0.1) is 0 Å². The second-order valence-corrected chi connectivity index (χ2v) is 9.30. The molecule has 0 saturated carbocycles. The monoisotopic (exact) mass is 526 g/mol. The van der Waals surface area contributed by atoms with E-state index in [0.717, 1.165) is 5.56 Å². The lowest BCUT2D eigenvalue weighted by Gasteiger charge is -2.29. The Labute approximate surface area is 219 Å². The van der Waals surface area contributed by atoms with Gasteiger partial charge in [0, 0.05) is 37.7 Å². The van der Waals surface area contributed by atoms with Crippen LogP contribution in [-0.4, -0.2) is 75.1 Å². The number of carbonyl (C=O) groups excluding carboxylic acids is 5. The van der Waals surface area contributed by atoms with E-state index in [1.165, 1.54) is 17.4 Å². The lowest BCUT2D eigenvalue weighted by Crippen LogP contribution is -2.58. The molecule has 1 fully saturated rings. The molecule has 5 amide bonds. The lowest BCUT2D eigenvalue weighted by atomic mass is 10.0. The number of nitrogens with one attached hydrogen (secondary N) is 3. The number of rotatable bonds is 13. The highest BCUT2D eigenvalue weighted by Crippen LogP contribution is 2.19. The summed E-state index contributed by atoms with van der Waals surface area (Å²) in [4.78, 5) is 71.0. The fraction of sp³-hybridized carbons (Fsp3) is 0.440. The number of carbonyl (C=O) groups is 5. The molecule has 204 valence electrons. The average Bonchev–Trinajstić information content (AvgIpc) is 3.59. The normalized spacial score (nSPS) is 17.3. The number of imidazole rings is 1. The Kier molecular flexibility index (Phi) is 9.93. The van der Waals surface area contributed by atoms with Crippen LogP contribution in [0.4, 0.5) is 0 Å². The maximum Gasteiger partial charge on any atom is 0.246 e. The number of likely N-dealkylation sites (tertiary alicyclic amines) is 1. The number of nitrogens with zero attached hydrogens (tertiary/aromatic N) is 2. The summed E-state index contributed by atoms with van der Waals surface area (Å²) in [5.74, 6) is -2.91. The van der Waals surface area contributed by atoms with Gasteiger partial charge in [0.1, 0.15) is 18.1 Å². The van der Waals surface area contributed by atoms with Gasteiger partial charge in [0.2, 0.25) is 29.5 Å². The Hall–Kier alpha value is -4.26. The smallest absolute Gasteiger partial charge is 0.246 e. The number of aromatic nitrogens is 2. The molecule has 1 aliphatic rings. The van der Waals surface area contributed by atoms with Crippen molar-refractivity contribution in [2.45, 2.75) is 62.7 Å². The molecule has 13 nitrogen and oxygen atoms in total. The number of nitrogens with two attached hydrogens (primary N) is 3. The molecule has 1 aromatic carbocycles. The number of hydrogen-bond donors (Lipinski definition) is 6. The predicted molar refractivity (Wildman–Crippen MR) is 137 cm³/mol. The molecule has 2 aromatic rings. The van der Waals surface area contributed by atoms with Crippen molar-refractivity contribution >= 4 is 29.5 Å². The van der Waals surface area contributed by atoms with Gasteiger partial charge in [0.05, 0.1) is 12.4 Å². The minimum absolute atomic E-state index is 0.0191. The van der Waals surface area contributed by atoms with E-state index in [-0.39, 0.29) is 25.7 Å². The zero-order chi connectivity index (χ0) is 27.7. The molecule has 1 aliphatic heterocycles. The molecular formula is C25H34N8O5. The van der Waals surface area contributed by atoms with E-state index < -0.39 is 53.7 Å². The van der Waals surface area contributed by atoms with Gasteiger partial charge < -0.3 is 37.7 Å². The van der Waals surface area contributed by atoms with Gasteiger partial charge in [-0.25, -0.2) is 4.98 Å². The topological polar surface area (TPSA) is 219 Å². The Balaban J connectivity index is 1.81. The van der Waals surface area contributed by atoms with Crippen molar-refractivity contribution in [3.63, 3.8) is 0 Å². The van der Waals surface area contributed by atoms with E-state index in [9.17, 15) is 24.0 Å². The molecule has 4 atom stereocenters. The fourth-order valence-corrected chi connectivity index (χ4v) is 4.38. The first kappa shape index (κ1) is 28.3. The molecule has 1 saturated heterocycles. The van der Waals surface area contributed by atoms with Gasteiger partial charge in [-0.3, -0.25) is 24.0 Å². The molecule has 1 aromatic heterocycles. The Morgan fingerprint density at radius 2 is 1.74 bits per heavy atom. The molecule has 0 unspecified atom stereocenters. The largest absolute Gasteiger partial charge is 0.370 e. The van der Waals surface area contributed by atoms with Gasteiger partial charge in [-0.2, -0.15) is 0 Å². The Morgan fingerprint density at radius 3 is 2.37 bits per heavy atom. The van der Waals surface area contributed by atoms with Gasteiger partial charge in [-0.05, 0) is 24.8 Å². The maximum atomic E-state index is 13.5. The molecule has 2 heterocycles. The minimum Gasteiger partial charge on any atom is -0.370 e. The molecule has 0 bridgehead atoms. The van der Waals surface area contributed by atoms with Crippen molar-refractivity contribution in [3.05, 3.63) is 54.1 Å². The first-order chi connectivity index (χ1) is 18.2. The van der Waals surface area contributed by atoms with Crippen molar-refractivity contribution in [2.24, 2.45) is 17.2 Å². The number of amides is 5. The van der Waals surface area contributed by atoms with Crippen LogP contribution >= 0.6 is 0 Å². The molecule has 0 radical (unpaired) electrons. The lowest BCUT2D eigenvalue weighted by molar-refractivity contribution is -0.141. The van der Waals surface area contributed by atoms with Gasteiger partial charge in [0.25, 0.3) is 0 Å². The van der Waals surface area contributed by atoms with Crippen LogP contribution in [0.2, 0.25) is 0 Å². The van der Waals surface area contributed by atoms with Gasteiger partial charge >= 0.3 is 0 Å². The average molecular weight is 527 g/mol. The van der Waals surface area contributed by atoms with E-state index >= 15 is 0 Å². The highest BCUT2D eigenvalue weighted by molar-refractivity contribution is 5.95. The second kappa shape index (κ2) is 13.3. The maximum absolute atomic E-state index is 13.5. The summed E-state index contributed by atoms with van der Waals surface area (Å²) in [6, 6.07) is 5.07. The van der Waals surface area contributed by atoms with E-state index in [2.05, 4.69) is 20.6 Å². The van der Waals surface area contributed by atoms with Crippen LogP contribution in [-0.2, 0) is 36.8 Å². The van der Waals surface area contributed by atoms with Crippen LogP contribution in [0.5, 0.6) is 0 Å². The van der Waals surface area contributed by atoms with Crippen molar-refractivity contribution in [2.75, 3.05) is 6.54 Å². The molecule has 38 heavy (non-hydrogen) atoms. The third-order valence-corrected chi connectivity index (χ3v) is 6.41. The zero-order valence-electron chi connectivity index (χ0n) is 21.0. The fourth-order valence-electron chi connectivity index (χ4n) is 4.38. The Morgan fingerprint density at radius 1 is 1.03 bits per heavy atom. The third kappa shape index (κ3) is 7.87. The molecular weight excluding hydrogens is 492 g/mol. The van der Waals surface area contributed by atoms with Crippen LogP contribution in [0.25, 0.3) is 0 Å². The summed E-state index contributed by atoms with van der Waals surface area (Å²) in [5, 5.41) is 5.39. The molecule has 0 spiro atoms. The number of aromatic amines is 1. The number of primary amides is 2. The zero-order valence-corrected chi connectivity index (χ0v) is 21.0. The van der Waals surface area contributed by atoms with Gasteiger partial charge in [-0.1, -0.05) is 30.3 Å². The van der Waals surface area contributed by atoms with E-state index in [1.54, 1.807) is 24.3 Å². The summed E-state index contributed by atoms with van der Waals surface area (Å²) in [5.41, 5.74) is 17.9. The van der Waals surface area contributed by atoms with E-state index in [1.807, 2.05) is 6.07 Å². The predicted octanol–water partition coefficient (Wildman–Crippen LogP) is -1.77. The van der Waals surface area contributed by atoms with Crippen LogP contribution < -0.4 is 27.8 Å². The minimum atomic E-state index is -1.08. The summed E-state index contributed by atoms with van der Waals surface area (Å²) in [6.45, 7) is 0.334. The summed E-state index contributed by atoms with van der Waals surface area (Å²) >= 11 is 0. The molecule has 9 N–H and O–H groups in total. The SMILES string of the molecule is NC(=O)CC[C@H](N)C(=O)N[C@H](Cc1ccccc1)C(=O)N[C@@H](Cc1cnc[nH]1)C(=O)N1CCC[C@@H]1C(N)=O. The van der Waals surface area contributed by atoms with Gasteiger partial charge in [0.15, 0.2) is 0 Å². The highest BCUT2D eigenvalue weighted by atomic mass is 16.2. The van der Waals surface area contributed by atoms with Crippen molar-refractivity contribution in [3.8, 4) is 0 Å². The van der Waals surface area contributed by atoms with Crippen LogP contribution in [0.15, 0.2) is 42.9 Å². The Bertz CT molecular complexity index is 1120. The molecule has 3 rings (SSSR count). The van der Waals surface area contributed by atoms with Crippen LogP contribution in [0.3, 0.4) is 0 Å². The number of H-pyrrole nitrogens is 1. The molecule has 0 aliphatic carbocycles. The van der Waals surface area contributed by atoms with E-state index in [0.29, 0.717) is 25.1 Å². The highest BCUT2D eigenvalue weighted by Gasteiger charge is 2.38.